The molecule has 2 N–H and O–H groups in total. The second-order valence-corrected chi connectivity index (χ2v) is 7.13. The molecular weight excluding hydrogens is 318 g/mol. The van der Waals surface area contributed by atoms with Gasteiger partial charge in [0.25, 0.3) is 0 Å². The Morgan fingerprint density at radius 1 is 1.24 bits per heavy atom. The Bertz CT molecular complexity index is 745. The highest BCUT2D eigenvalue weighted by atomic mass is 16.5. The van der Waals surface area contributed by atoms with E-state index in [-0.39, 0.29) is 11.3 Å². The number of aromatic amines is 1. The van der Waals surface area contributed by atoms with E-state index in [4.69, 9.17) is 9.47 Å². The van der Waals surface area contributed by atoms with Crippen LogP contribution in [0.3, 0.4) is 0 Å². The van der Waals surface area contributed by atoms with Gasteiger partial charge >= 0.3 is 0 Å². The molecule has 0 aliphatic heterocycles. The molecule has 0 atom stereocenters. The van der Waals surface area contributed by atoms with Crippen LogP contribution in [-0.4, -0.2) is 30.3 Å². The Kier molecular flexibility index (Phi) is 5.72. The maximum Gasteiger partial charge on any atom is 0.225 e. The van der Waals surface area contributed by atoms with Crippen molar-refractivity contribution in [2.75, 3.05) is 19.5 Å². The Morgan fingerprint density at radius 3 is 2.52 bits per heavy atom. The van der Waals surface area contributed by atoms with Crippen LogP contribution in [0.1, 0.15) is 39.8 Å². The number of anilines is 1. The fourth-order valence-electron chi connectivity index (χ4n) is 2.63. The van der Waals surface area contributed by atoms with E-state index in [0.717, 1.165) is 17.7 Å². The van der Waals surface area contributed by atoms with Gasteiger partial charge in [-0.1, -0.05) is 27.7 Å². The lowest BCUT2D eigenvalue weighted by atomic mass is 9.92. The molecule has 0 aliphatic rings. The summed E-state index contributed by atoms with van der Waals surface area (Å²) >= 11 is 0. The maximum absolute atomic E-state index is 12.4. The first-order valence-electron chi connectivity index (χ1n) is 8.38. The topological polar surface area (TPSA) is 76.2 Å². The first-order valence-corrected chi connectivity index (χ1v) is 8.38. The quantitative estimate of drug-likeness (QED) is 0.829. The molecule has 0 radical (unpaired) electrons. The van der Waals surface area contributed by atoms with Crippen molar-refractivity contribution in [3.8, 4) is 22.8 Å². The van der Waals surface area contributed by atoms with Crippen LogP contribution < -0.4 is 14.8 Å². The first kappa shape index (κ1) is 18.8. The van der Waals surface area contributed by atoms with Crippen LogP contribution in [0.4, 0.5) is 5.69 Å². The largest absolute Gasteiger partial charge is 0.497 e. The third kappa shape index (κ3) is 4.53. The SMILES string of the molecule is CCc1[nH]nc(-c2cc(OC)ccc2OC)c1NC(=O)CC(C)(C)C. The Hall–Kier alpha value is -2.50. The molecule has 136 valence electrons. The zero-order chi connectivity index (χ0) is 18.6. The van der Waals surface area contributed by atoms with Gasteiger partial charge in [-0.15, -0.1) is 0 Å². The summed E-state index contributed by atoms with van der Waals surface area (Å²) in [6.07, 6.45) is 1.15. The van der Waals surface area contributed by atoms with Crippen molar-refractivity contribution in [3.05, 3.63) is 23.9 Å². The summed E-state index contributed by atoms with van der Waals surface area (Å²) in [5, 5.41) is 10.5. The fraction of sp³-hybridized carbons (Fsp3) is 0.474. The van der Waals surface area contributed by atoms with E-state index in [0.29, 0.717) is 29.3 Å². The monoisotopic (exact) mass is 345 g/mol. The number of nitrogens with one attached hydrogen (secondary N) is 2. The number of carbonyl (C=O) groups is 1. The number of ether oxygens (including phenoxy) is 2. The molecule has 0 saturated carbocycles. The lowest BCUT2D eigenvalue weighted by molar-refractivity contribution is -0.117. The number of H-pyrrole nitrogens is 1. The molecule has 0 bridgehead atoms. The summed E-state index contributed by atoms with van der Waals surface area (Å²) in [5.41, 5.74) is 2.90. The summed E-state index contributed by atoms with van der Waals surface area (Å²) in [7, 11) is 3.22. The zero-order valence-corrected chi connectivity index (χ0v) is 15.8. The molecule has 6 heteroatoms. The zero-order valence-electron chi connectivity index (χ0n) is 15.8. The van der Waals surface area contributed by atoms with Gasteiger partial charge in [-0.2, -0.15) is 5.10 Å². The molecule has 1 amide bonds. The molecule has 0 aliphatic carbocycles. The minimum absolute atomic E-state index is 0.0355. The smallest absolute Gasteiger partial charge is 0.225 e. The average Bonchev–Trinajstić information content (AvgIpc) is 2.94. The van der Waals surface area contributed by atoms with E-state index in [2.05, 4.69) is 15.5 Å². The molecule has 0 saturated heterocycles. The van der Waals surface area contributed by atoms with Crippen molar-refractivity contribution in [1.82, 2.24) is 10.2 Å². The van der Waals surface area contributed by atoms with Gasteiger partial charge in [0, 0.05) is 12.0 Å². The molecule has 2 aromatic rings. The second-order valence-electron chi connectivity index (χ2n) is 7.13. The molecule has 1 aromatic heterocycles. The van der Waals surface area contributed by atoms with Crippen LogP contribution in [0.2, 0.25) is 0 Å². The Morgan fingerprint density at radius 2 is 1.96 bits per heavy atom. The third-order valence-electron chi connectivity index (χ3n) is 3.81. The molecule has 25 heavy (non-hydrogen) atoms. The van der Waals surface area contributed by atoms with Gasteiger partial charge in [0.15, 0.2) is 0 Å². The van der Waals surface area contributed by atoms with Gasteiger partial charge in [-0.3, -0.25) is 9.89 Å². The summed E-state index contributed by atoms with van der Waals surface area (Å²) < 4.78 is 10.8. The van der Waals surface area contributed by atoms with E-state index in [1.165, 1.54) is 0 Å². The van der Waals surface area contributed by atoms with Gasteiger partial charge in [0.2, 0.25) is 5.91 Å². The third-order valence-corrected chi connectivity index (χ3v) is 3.81. The number of aryl methyl sites for hydroxylation is 1. The van der Waals surface area contributed by atoms with Gasteiger partial charge in [0.05, 0.1) is 25.6 Å². The number of hydrogen-bond acceptors (Lipinski definition) is 4. The maximum atomic E-state index is 12.4. The van der Waals surface area contributed by atoms with Crippen LogP contribution in [0.15, 0.2) is 18.2 Å². The van der Waals surface area contributed by atoms with Crippen LogP contribution in [-0.2, 0) is 11.2 Å². The highest BCUT2D eigenvalue weighted by Crippen LogP contribution is 2.38. The van der Waals surface area contributed by atoms with Crippen LogP contribution in [0, 0.1) is 5.41 Å². The van der Waals surface area contributed by atoms with Crippen molar-refractivity contribution in [1.29, 1.82) is 0 Å². The van der Waals surface area contributed by atoms with Crippen molar-refractivity contribution in [3.63, 3.8) is 0 Å². The second kappa shape index (κ2) is 7.59. The van der Waals surface area contributed by atoms with Gasteiger partial charge < -0.3 is 14.8 Å². The van der Waals surface area contributed by atoms with E-state index in [1.54, 1.807) is 14.2 Å². The summed E-state index contributed by atoms with van der Waals surface area (Å²) in [4.78, 5) is 12.4. The number of benzene rings is 1. The number of methoxy groups -OCH3 is 2. The number of rotatable bonds is 6. The lowest BCUT2D eigenvalue weighted by Crippen LogP contribution is -2.20. The van der Waals surface area contributed by atoms with Crippen LogP contribution in [0.25, 0.3) is 11.3 Å². The summed E-state index contributed by atoms with van der Waals surface area (Å²) in [6.45, 7) is 8.12. The highest BCUT2D eigenvalue weighted by Gasteiger charge is 2.22. The molecule has 0 spiro atoms. The number of nitrogens with zero attached hydrogens (tertiary/aromatic N) is 1. The van der Waals surface area contributed by atoms with Crippen LogP contribution in [0.5, 0.6) is 11.5 Å². The van der Waals surface area contributed by atoms with E-state index >= 15 is 0 Å². The molecule has 0 unspecified atom stereocenters. The summed E-state index contributed by atoms with van der Waals surface area (Å²) in [5.74, 6) is 1.33. The molecule has 0 fully saturated rings. The van der Waals surface area contributed by atoms with Crippen molar-refractivity contribution >= 4 is 11.6 Å². The van der Waals surface area contributed by atoms with Gasteiger partial charge in [-0.05, 0) is 30.0 Å². The number of aromatic nitrogens is 2. The number of hydrogen-bond donors (Lipinski definition) is 2. The van der Waals surface area contributed by atoms with E-state index in [1.807, 2.05) is 45.9 Å². The summed E-state index contributed by atoms with van der Waals surface area (Å²) in [6, 6.07) is 5.51. The van der Waals surface area contributed by atoms with Gasteiger partial charge in [-0.25, -0.2) is 0 Å². The normalized spacial score (nSPS) is 11.3. The van der Waals surface area contributed by atoms with Crippen molar-refractivity contribution in [2.24, 2.45) is 5.41 Å². The minimum atomic E-state index is -0.0893. The fourth-order valence-corrected chi connectivity index (χ4v) is 2.63. The molecule has 2 rings (SSSR count). The number of carbonyl (C=O) groups excluding carboxylic acids is 1. The van der Waals surface area contributed by atoms with Crippen molar-refractivity contribution < 1.29 is 14.3 Å². The highest BCUT2D eigenvalue weighted by molar-refractivity contribution is 5.96. The molecule has 1 heterocycles. The number of amides is 1. The molecular formula is C19H27N3O3. The molecule has 6 nitrogen and oxygen atoms in total. The standard InChI is InChI=1S/C19H27N3O3/c1-7-14-18(20-16(23)11-19(2,3)4)17(22-21-14)13-10-12(24-5)8-9-15(13)25-6/h8-10H,7,11H2,1-6H3,(H,20,23)(H,21,22). The Balaban J connectivity index is 2.46. The molecule has 1 aromatic carbocycles. The predicted molar refractivity (Wildman–Crippen MR) is 99.2 cm³/mol. The Labute approximate surface area is 148 Å². The minimum Gasteiger partial charge on any atom is -0.497 e. The lowest BCUT2D eigenvalue weighted by Gasteiger charge is -2.18. The average molecular weight is 345 g/mol. The van der Waals surface area contributed by atoms with Crippen molar-refractivity contribution in [2.45, 2.75) is 40.5 Å². The van der Waals surface area contributed by atoms with E-state index in [9.17, 15) is 4.79 Å². The van der Waals surface area contributed by atoms with E-state index < -0.39 is 0 Å². The first-order chi connectivity index (χ1) is 11.8. The predicted octanol–water partition coefficient (Wildman–Crippen LogP) is 4.03. The van der Waals surface area contributed by atoms with Gasteiger partial charge in [0.1, 0.15) is 17.2 Å². The van der Waals surface area contributed by atoms with Crippen LogP contribution >= 0.6 is 0 Å².